The lowest BCUT2D eigenvalue weighted by molar-refractivity contribution is -0.121. The summed E-state index contributed by atoms with van der Waals surface area (Å²) in [4.78, 5) is 11.7. The molecule has 0 atom stereocenters. The van der Waals surface area contributed by atoms with E-state index in [0.29, 0.717) is 38.4 Å². The van der Waals surface area contributed by atoms with E-state index in [0.717, 1.165) is 19.3 Å². The van der Waals surface area contributed by atoms with Crippen molar-refractivity contribution in [2.24, 2.45) is 22.6 Å². The summed E-state index contributed by atoms with van der Waals surface area (Å²) in [5, 5.41) is 2.93. The standard InChI is InChI=1S/C14H30N4O2/c1-14(2,11-20-9-12(17)8-16)10-18-13(19)6-4-3-5-7-15/h8H,3-7,9-11,15-17H2,1-2H3,(H,18,19)/b12-8-. The fourth-order valence-electron chi connectivity index (χ4n) is 1.58. The van der Waals surface area contributed by atoms with Crippen molar-refractivity contribution < 1.29 is 9.53 Å². The van der Waals surface area contributed by atoms with E-state index in [4.69, 9.17) is 21.9 Å². The summed E-state index contributed by atoms with van der Waals surface area (Å²) in [7, 11) is 0. The highest BCUT2D eigenvalue weighted by molar-refractivity contribution is 5.75. The van der Waals surface area contributed by atoms with E-state index in [2.05, 4.69) is 5.32 Å². The van der Waals surface area contributed by atoms with Crippen LogP contribution in [0.2, 0.25) is 0 Å². The third kappa shape index (κ3) is 10.6. The van der Waals surface area contributed by atoms with E-state index in [-0.39, 0.29) is 11.3 Å². The maximum Gasteiger partial charge on any atom is 0.220 e. The average molecular weight is 286 g/mol. The molecule has 1 amide bonds. The molecule has 0 saturated heterocycles. The first-order chi connectivity index (χ1) is 9.41. The van der Waals surface area contributed by atoms with Gasteiger partial charge in [-0.2, -0.15) is 0 Å². The van der Waals surface area contributed by atoms with Crippen LogP contribution in [-0.4, -0.2) is 32.2 Å². The zero-order valence-electron chi connectivity index (χ0n) is 12.8. The van der Waals surface area contributed by atoms with Gasteiger partial charge in [0.1, 0.15) is 0 Å². The smallest absolute Gasteiger partial charge is 0.220 e. The Kier molecular flexibility index (Phi) is 9.84. The second-order valence-electron chi connectivity index (χ2n) is 5.77. The fraction of sp³-hybridized carbons (Fsp3) is 0.786. The largest absolute Gasteiger partial charge is 0.403 e. The van der Waals surface area contributed by atoms with Crippen LogP contribution >= 0.6 is 0 Å². The van der Waals surface area contributed by atoms with Crippen molar-refractivity contribution in [3.63, 3.8) is 0 Å². The van der Waals surface area contributed by atoms with E-state index in [1.807, 2.05) is 13.8 Å². The summed E-state index contributed by atoms with van der Waals surface area (Å²) in [5.74, 6) is 0.0801. The highest BCUT2D eigenvalue weighted by Crippen LogP contribution is 2.14. The topological polar surface area (TPSA) is 116 Å². The molecule has 0 heterocycles. The van der Waals surface area contributed by atoms with Gasteiger partial charge in [0.25, 0.3) is 0 Å². The lowest BCUT2D eigenvalue weighted by Crippen LogP contribution is -2.37. The molecule has 0 spiro atoms. The summed E-state index contributed by atoms with van der Waals surface area (Å²) in [6.07, 6.45) is 4.75. The Labute approximate surface area is 122 Å². The molecule has 7 N–H and O–H groups in total. The Morgan fingerprint density at radius 2 is 2.00 bits per heavy atom. The lowest BCUT2D eigenvalue weighted by Gasteiger charge is -2.24. The van der Waals surface area contributed by atoms with Gasteiger partial charge < -0.3 is 27.3 Å². The number of rotatable bonds is 11. The van der Waals surface area contributed by atoms with E-state index in [9.17, 15) is 4.79 Å². The third-order valence-corrected chi connectivity index (χ3v) is 2.85. The highest BCUT2D eigenvalue weighted by atomic mass is 16.5. The Hall–Kier alpha value is -1.27. The first kappa shape index (κ1) is 18.7. The van der Waals surface area contributed by atoms with Crippen LogP contribution in [-0.2, 0) is 9.53 Å². The van der Waals surface area contributed by atoms with Crippen molar-refractivity contribution in [2.45, 2.75) is 39.5 Å². The predicted molar refractivity (Wildman–Crippen MR) is 81.6 cm³/mol. The molecule has 0 unspecified atom stereocenters. The van der Waals surface area contributed by atoms with Crippen molar-refractivity contribution in [3.05, 3.63) is 11.9 Å². The number of ether oxygens (including phenoxy) is 1. The van der Waals surface area contributed by atoms with E-state index in [1.54, 1.807) is 0 Å². The first-order valence-corrected chi connectivity index (χ1v) is 7.12. The predicted octanol–water partition coefficient (Wildman–Crippen LogP) is 0.423. The molecule has 0 aromatic heterocycles. The number of nitrogens with one attached hydrogen (secondary N) is 1. The summed E-state index contributed by atoms with van der Waals surface area (Å²) in [6.45, 7) is 6.15. The first-order valence-electron chi connectivity index (χ1n) is 7.12. The van der Waals surface area contributed by atoms with Gasteiger partial charge in [0.05, 0.1) is 18.9 Å². The summed E-state index contributed by atoms with van der Waals surface area (Å²) in [6, 6.07) is 0. The van der Waals surface area contributed by atoms with Crippen LogP contribution in [0, 0.1) is 5.41 Å². The van der Waals surface area contributed by atoms with Crippen molar-refractivity contribution in [3.8, 4) is 0 Å². The molecule has 20 heavy (non-hydrogen) atoms. The molecule has 0 aromatic rings. The zero-order chi connectivity index (χ0) is 15.4. The van der Waals surface area contributed by atoms with Crippen LogP contribution in [0.25, 0.3) is 0 Å². The maximum atomic E-state index is 11.7. The Morgan fingerprint density at radius 3 is 2.60 bits per heavy atom. The number of hydrogen-bond acceptors (Lipinski definition) is 5. The summed E-state index contributed by atoms with van der Waals surface area (Å²) >= 11 is 0. The number of hydrogen-bond donors (Lipinski definition) is 4. The van der Waals surface area contributed by atoms with Gasteiger partial charge in [-0.15, -0.1) is 0 Å². The number of carbonyl (C=O) groups is 1. The Bertz CT molecular complexity index is 304. The van der Waals surface area contributed by atoms with Crippen molar-refractivity contribution in [1.82, 2.24) is 5.32 Å². The maximum absolute atomic E-state index is 11.7. The average Bonchev–Trinajstić information content (AvgIpc) is 2.41. The molecule has 118 valence electrons. The van der Waals surface area contributed by atoms with Crippen LogP contribution in [0.5, 0.6) is 0 Å². The van der Waals surface area contributed by atoms with E-state index < -0.39 is 0 Å². The quantitative estimate of drug-likeness (QED) is 0.411. The molecule has 6 heteroatoms. The monoisotopic (exact) mass is 286 g/mol. The molecular formula is C14H30N4O2. The molecule has 0 radical (unpaired) electrons. The number of amides is 1. The second-order valence-corrected chi connectivity index (χ2v) is 5.77. The number of nitrogens with two attached hydrogens (primary N) is 3. The molecule has 0 bridgehead atoms. The highest BCUT2D eigenvalue weighted by Gasteiger charge is 2.19. The molecule has 6 nitrogen and oxygen atoms in total. The van der Waals surface area contributed by atoms with Gasteiger partial charge in [-0.3, -0.25) is 4.79 Å². The van der Waals surface area contributed by atoms with Gasteiger partial charge in [0.2, 0.25) is 5.91 Å². The normalized spacial score (nSPS) is 12.4. The van der Waals surface area contributed by atoms with Crippen LogP contribution in [0.4, 0.5) is 0 Å². The molecule has 0 aliphatic rings. The minimum absolute atomic E-state index is 0.0801. The summed E-state index contributed by atoms with van der Waals surface area (Å²) in [5.41, 5.74) is 16.6. The molecule has 0 rings (SSSR count). The van der Waals surface area contributed by atoms with Crippen molar-refractivity contribution in [1.29, 1.82) is 0 Å². The fourth-order valence-corrected chi connectivity index (χ4v) is 1.58. The second kappa shape index (κ2) is 10.5. The SMILES string of the molecule is CC(C)(CNC(=O)CCCCCN)COC/C(N)=C/N. The van der Waals surface area contributed by atoms with Gasteiger partial charge in [-0.25, -0.2) is 0 Å². The van der Waals surface area contributed by atoms with Gasteiger partial charge in [0.15, 0.2) is 0 Å². The Morgan fingerprint density at radius 1 is 1.30 bits per heavy atom. The number of unbranched alkanes of at least 4 members (excludes halogenated alkanes) is 2. The van der Waals surface area contributed by atoms with Crippen molar-refractivity contribution >= 4 is 5.91 Å². The molecule has 0 saturated carbocycles. The van der Waals surface area contributed by atoms with Crippen LogP contribution in [0.1, 0.15) is 39.5 Å². The van der Waals surface area contributed by atoms with Gasteiger partial charge in [-0.05, 0) is 19.4 Å². The molecule has 0 aliphatic carbocycles. The van der Waals surface area contributed by atoms with Gasteiger partial charge in [-0.1, -0.05) is 20.3 Å². The third-order valence-electron chi connectivity index (χ3n) is 2.85. The molecular weight excluding hydrogens is 256 g/mol. The molecule has 0 aliphatic heterocycles. The van der Waals surface area contributed by atoms with Gasteiger partial charge in [0, 0.05) is 24.6 Å². The van der Waals surface area contributed by atoms with E-state index >= 15 is 0 Å². The van der Waals surface area contributed by atoms with Gasteiger partial charge >= 0.3 is 0 Å². The lowest BCUT2D eigenvalue weighted by atomic mass is 9.95. The van der Waals surface area contributed by atoms with Crippen molar-refractivity contribution in [2.75, 3.05) is 26.3 Å². The van der Waals surface area contributed by atoms with Crippen LogP contribution < -0.4 is 22.5 Å². The molecule has 0 fully saturated rings. The Balaban J connectivity index is 3.76. The minimum Gasteiger partial charge on any atom is -0.403 e. The summed E-state index contributed by atoms with van der Waals surface area (Å²) < 4.78 is 5.46. The van der Waals surface area contributed by atoms with E-state index in [1.165, 1.54) is 6.20 Å². The van der Waals surface area contributed by atoms with Crippen LogP contribution in [0.3, 0.4) is 0 Å². The van der Waals surface area contributed by atoms with Crippen LogP contribution in [0.15, 0.2) is 11.9 Å². The molecule has 0 aromatic carbocycles. The minimum atomic E-state index is -0.137. The number of carbonyl (C=O) groups excluding carboxylic acids is 1. The zero-order valence-corrected chi connectivity index (χ0v) is 12.8.